The number of carbonyl (C=O) groups is 1. The van der Waals surface area contributed by atoms with E-state index in [0.29, 0.717) is 47.2 Å². The summed E-state index contributed by atoms with van der Waals surface area (Å²) in [4.78, 5) is 17.7. The number of carbonyl (C=O) groups excluding carboxylic acids is 1. The largest absolute Gasteiger partial charge is 0.493 e. The van der Waals surface area contributed by atoms with E-state index in [9.17, 15) is 4.79 Å². The fourth-order valence-electron chi connectivity index (χ4n) is 3.21. The molecule has 0 bridgehead atoms. The number of ketones is 1. The van der Waals surface area contributed by atoms with Crippen molar-refractivity contribution < 1.29 is 23.7 Å². The molecule has 0 radical (unpaired) electrons. The van der Waals surface area contributed by atoms with Crippen molar-refractivity contribution in [1.29, 1.82) is 0 Å². The van der Waals surface area contributed by atoms with E-state index >= 15 is 0 Å². The number of methoxy groups -OCH3 is 4. The van der Waals surface area contributed by atoms with E-state index in [4.69, 9.17) is 18.9 Å². The van der Waals surface area contributed by atoms with Crippen molar-refractivity contribution >= 4 is 11.5 Å². The molecule has 0 amide bonds. The Balaban J connectivity index is 2.11. The van der Waals surface area contributed by atoms with Crippen molar-refractivity contribution in [3.63, 3.8) is 0 Å². The molecule has 2 aromatic rings. The summed E-state index contributed by atoms with van der Waals surface area (Å²) in [7, 11) is 6.24. The van der Waals surface area contributed by atoms with E-state index < -0.39 is 0 Å². The van der Waals surface area contributed by atoms with Gasteiger partial charge < -0.3 is 18.9 Å². The predicted molar refractivity (Wildman–Crippen MR) is 98.5 cm³/mol. The number of Topliss-reactive ketones (excluding diaryl/α,β-unsaturated/α-hetero) is 1. The van der Waals surface area contributed by atoms with Crippen LogP contribution in [0.3, 0.4) is 0 Å². The summed E-state index contributed by atoms with van der Waals surface area (Å²) in [5.74, 6) is 1.97. The Morgan fingerprint density at radius 3 is 2.23 bits per heavy atom. The molecule has 1 aliphatic rings. The van der Waals surface area contributed by atoms with Crippen molar-refractivity contribution in [2.75, 3.05) is 35.0 Å². The smallest absolute Gasteiger partial charge is 0.215 e. The van der Waals surface area contributed by atoms with Gasteiger partial charge in [-0.25, -0.2) is 0 Å². The zero-order valence-electron chi connectivity index (χ0n) is 15.3. The minimum Gasteiger partial charge on any atom is -0.493 e. The third-order valence-corrected chi connectivity index (χ3v) is 4.40. The highest BCUT2D eigenvalue weighted by atomic mass is 16.5. The molecule has 6 heteroatoms. The number of para-hydroxylation sites is 1. The first-order valence-electron chi connectivity index (χ1n) is 8.20. The highest BCUT2D eigenvalue weighted by molar-refractivity contribution is 6.52. The third-order valence-electron chi connectivity index (χ3n) is 4.40. The Labute approximate surface area is 152 Å². The van der Waals surface area contributed by atoms with Crippen LogP contribution < -0.4 is 18.9 Å². The first-order valence-corrected chi connectivity index (χ1v) is 8.20. The molecule has 0 N–H and O–H groups in total. The minimum atomic E-state index is -0.214. The maximum atomic E-state index is 13.2. The van der Waals surface area contributed by atoms with Crippen molar-refractivity contribution in [3.05, 3.63) is 47.0 Å². The fourth-order valence-corrected chi connectivity index (χ4v) is 3.21. The maximum absolute atomic E-state index is 13.2. The lowest BCUT2D eigenvalue weighted by Gasteiger charge is -2.21. The first kappa shape index (κ1) is 17.8. The number of nitrogens with zero attached hydrogens (tertiary/aromatic N) is 1. The summed E-state index contributed by atoms with van der Waals surface area (Å²) in [6, 6.07) is 8.85. The molecule has 0 atom stereocenters. The van der Waals surface area contributed by atoms with Gasteiger partial charge >= 0.3 is 0 Å². The number of aliphatic imine (C=N–C) groups is 1. The average Bonchev–Trinajstić information content (AvgIpc) is 2.70. The maximum Gasteiger partial charge on any atom is 0.215 e. The van der Waals surface area contributed by atoms with Gasteiger partial charge in [0.05, 0.1) is 34.0 Å². The number of fused-ring (bicyclic) bond motifs is 1. The SMILES string of the molecule is COc1cccc(C(=O)C2=NCCc3c2ccc(OC)c3OC)c1OC. The first-order chi connectivity index (χ1) is 12.7. The Bertz CT molecular complexity index is 873. The van der Waals surface area contributed by atoms with Crippen LogP contribution in [0.25, 0.3) is 0 Å². The topological polar surface area (TPSA) is 66.4 Å². The van der Waals surface area contributed by atoms with Crippen molar-refractivity contribution in [1.82, 2.24) is 0 Å². The van der Waals surface area contributed by atoms with Crippen LogP contribution in [0.5, 0.6) is 23.0 Å². The standard InChI is InChI=1S/C20H21NO5/c1-23-15-7-5-6-14(20(15)26-4)18(22)17-12-8-9-16(24-2)19(25-3)13(12)10-11-21-17/h5-9H,10-11H2,1-4H3. The lowest BCUT2D eigenvalue weighted by Crippen LogP contribution is -2.23. The van der Waals surface area contributed by atoms with Crippen LogP contribution in [-0.4, -0.2) is 46.5 Å². The van der Waals surface area contributed by atoms with Crippen LogP contribution in [0, 0.1) is 0 Å². The third kappa shape index (κ3) is 2.87. The second kappa shape index (κ2) is 7.47. The molecule has 136 valence electrons. The van der Waals surface area contributed by atoms with E-state index in [1.54, 1.807) is 38.5 Å². The molecule has 1 heterocycles. The second-order valence-corrected chi connectivity index (χ2v) is 5.68. The van der Waals surface area contributed by atoms with Gasteiger partial charge in [0.2, 0.25) is 5.78 Å². The summed E-state index contributed by atoms with van der Waals surface area (Å²) in [5, 5.41) is 0. The molecule has 1 aliphatic heterocycles. The van der Waals surface area contributed by atoms with Gasteiger partial charge in [0.1, 0.15) is 5.71 Å². The zero-order chi connectivity index (χ0) is 18.7. The van der Waals surface area contributed by atoms with E-state index in [0.717, 1.165) is 11.1 Å². The van der Waals surface area contributed by atoms with Gasteiger partial charge in [-0.15, -0.1) is 0 Å². The minimum absolute atomic E-state index is 0.214. The average molecular weight is 355 g/mol. The Morgan fingerprint density at radius 1 is 0.885 bits per heavy atom. The number of benzene rings is 2. The number of ether oxygens (including phenoxy) is 4. The van der Waals surface area contributed by atoms with E-state index in [1.165, 1.54) is 14.2 Å². The van der Waals surface area contributed by atoms with Crippen molar-refractivity contribution in [2.24, 2.45) is 4.99 Å². The summed E-state index contributed by atoms with van der Waals surface area (Å²) in [6.07, 6.45) is 0.682. The molecule has 3 rings (SSSR count). The zero-order valence-corrected chi connectivity index (χ0v) is 15.3. The van der Waals surface area contributed by atoms with Gasteiger partial charge in [0, 0.05) is 17.7 Å². The lowest BCUT2D eigenvalue weighted by atomic mass is 9.91. The molecule has 0 aliphatic carbocycles. The molecule has 26 heavy (non-hydrogen) atoms. The summed E-state index contributed by atoms with van der Waals surface area (Å²) in [6.45, 7) is 0.504. The molecular weight excluding hydrogens is 334 g/mol. The van der Waals surface area contributed by atoms with E-state index in [1.807, 2.05) is 6.07 Å². The van der Waals surface area contributed by atoms with Gasteiger partial charge in [-0.3, -0.25) is 9.79 Å². The normalized spacial score (nSPS) is 12.7. The summed E-state index contributed by atoms with van der Waals surface area (Å²) in [5.41, 5.74) is 2.47. The van der Waals surface area contributed by atoms with Crippen LogP contribution in [0.2, 0.25) is 0 Å². The lowest BCUT2D eigenvalue weighted by molar-refractivity contribution is 0.106. The Kier molecular flexibility index (Phi) is 5.11. The Hall–Kier alpha value is -3.02. The highest BCUT2D eigenvalue weighted by Gasteiger charge is 2.28. The van der Waals surface area contributed by atoms with Gasteiger partial charge in [-0.1, -0.05) is 6.07 Å². The van der Waals surface area contributed by atoms with E-state index in [-0.39, 0.29) is 5.78 Å². The molecule has 0 spiro atoms. The van der Waals surface area contributed by atoms with Crippen LogP contribution in [0.15, 0.2) is 35.3 Å². The summed E-state index contributed by atoms with van der Waals surface area (Å²) >= 11 is 0. The van der Waals surface area contributed by atoms with Crippen molar-refractivity contribution in [2.45, 2.75) is 6.42 Å². The molecule has 0 unspecified atom stereocenters. The molecular formula is C20H21NO5. The predicted octanol–water partition coefficient (Wildman–Crippen LogP) is 2.95. The van der Waals surface area contributed by atoms with Gasteiger partial charge in [-0.2, -0.15) is 0 Å². The molecule has 0 aromatic heterocycles. The number of hydrogen-bond donors (Lipinski definition) is 0. The second-order valence-electron chi connectivity index (χ2n) is 5.68. The van der Waals surface area contributed by atoms with Crippen LogP contribution >= 0.6 is 0 Å². The molecule has 6 nitrogen and oxygen atoms in total. The fraction of sp³-hybridized carbons (Fsp3) is 0.300. The number of hydrogen-bond acceptors (Lipinski definition) is 6. The molecule has 2 aromatic carbocycles. The highest BCUT2D eigenvalue weighted by Crippen LogP contribution is 2.37. The van der Waals surface area contributed by atoms with Crippen LogP contribution in [0.1, 0.15) is 21.5 Å². The van der Waals surface area contributed by atoms with Gasteiger partial charge in [0.25, 0.3) is 0 Å². The monoisotopic (exact) mass is 355 g/mol. The van der Waals surface area contributed by atoms with Crippen LogP contribution in [-0.2, 0) is 6.42 Å². The Morgan fingerprint density at radius 2 is 1.58 bits per heavy atom. The number of rotatable bonds is 6. The van der Waals surface area contributed by atoms with E-state index in [2.05, 4.69) is 4.99 Å². The molecule has 0 fully saturated rings. The van der Waals surface area contributed by atoms with Gasteiger partial charge in [0.15, 0.2) is 23.0 Å². The quantitative estimate of drug-likeness (QED) is 0.746. The van der Waals surface area contributed by atoms with Gasteiger partial charge in [-0.05, 0) is 30.7 Å². The molecule has 0 saturated heterocycles. The molecule has 0 saturated carbocycles. The summed E-state index contributed by atoms with van der Waals surface area (Å²) < 4.78 is 21.6. The van der Waals surface area contributed by atoms with Crippen molar-refractivity contribution in [3.8, 4) is 23.0 Å². The van der Waals surface area contributed by atoms with Crippen LogP contribution in [0.4, 0.5) is 0 Å².